The van der Waals surface area contributed by atoms with Gasteiger partial charge in [0.1, 0.15) is 6.04 Å². The van der Waals surface area contributed by atoms with Crippen molar-refractivity contribution in [2.75, 3.05) is 71.4 Å². The van der Waals surface area contributed by atoms with Crippen LogP contribution in [0.3, 0.4) is 0 Å². The number of rotatable bonds is 25. The van der Waals surface area contributed by atoms with Gasteiger partial charge in [0.2, 0.25) is 17.7 Å². The van der Waals surface area contributed by atoms with Gasteiger partial charge in [-0.05, 0) is 37.8 Å². The van der Waals surface area contributed by atoms with E-state index in [0.717, 1.165) is 30.8 Å². The van der Waals surface area contributed by atoms with Gasteiger partial charge in [-0.15, -0.1) is 0 Å². The van der Waals surface area contributed by atoms with Gasteiger partial charge in [-0.2, -0.15) is 0 Å². The molecule has 13 heteroatoms. The number of ether oxygens (including phenoxy) is 5. The lowest BCUT2D eigenvalue weighted by Crippen LogP contribution is -2.54. The summed E-state index contributed by atoms with van der Waals surface area (Å²) in [7, 11) is 0. The van der Waals surface area contributed by atoms with E-state index in [0.29, 0.717) is 65.9 Å². The van der Waals surface area contributed by atoms with Crippen LogP contribution in [0.1, 0.15) is 91.8 Å². The van der Waals surface area contributed by atoms with Crippen molar-refractivity contribution in [3.63, 3.8) is 0 Å². The highest BCUT2D eigenvalue weighted by Crippen LogP contribution is 2.32. The smallest absolute Gasteiger partial charge is 0.264 e. The Balaban J connectivity index is 1.16. The molecule has 1 saturated heterocycles. The van der Waals surface area contributed by atoms with E-state index in [1.807, 2.05) is 0 Å². The van der Waals surface area contributed by atoms with Crippen molar-refractivity contribution in [2.45, 2.75) is 77.2 Å². The summed E-state index contributed by atoms with van der Waals surface area (Å²) in [4.78, 5) is 63.3. The fourth-order valence-electron chi connectivity index (χ4n) is 5.11. The number of piperidine rings is 1. The molecule has 0 saturated carbocycles. The normalized spacial score (nSPS) is 16.2. The van der Waals surface area contributed by atoms with Gasteiger partial charge in [-0.25, -0.2) is 0 Å². The Bertz CT molecular complexity index is 1140. The first-order valence-electron chi connectivity index (χ1n) is 16.5. The molecule has 1 aromatic carbocycles. The molecule has 5 amide bonds. The van der Waals surface area contributed by atoms with Crippen LogP contribution in [-0.2, 0) is 38.1 Å². The number of hydrogen-bond donors (Lipinski definition) is 2. The number of fused-ring (bicyclic) bond motifs is 1. The summed E-state index contributed by atoms with van der Waals surface area (Å²) in [5.41, 5.74) is 0.411. The third-order valence-corrected chi connectivity index (χ3v) is 7.56. The molecule has 0 radical (unpaired) electrons. The lowest BCUT2D eigenvalue weighted by molar-refractivity contribution is -0.136. The average molecular weight is 648 g/mol. The Kier molecular flexibility index (Phi) is 17.4. The second-order valence-corrected chi connectivity index (χ2v) is 11.2. The van der Waals surface area contributed by atoms with E-state index in [9.17, 15) is 24.0 Å². The topological polar surface area (TPSA) is 159 Å². The summed E-state index contributed by atoms with van der Waals surface area (Å²) >= 11 is 0. The number of anilines is 1. The van der Waals surface area contributed by atoms with Gasteiger partial charge in [0, 0.05) is 26.1 Å². The molecule has 256 valence electrons. The van der Waals surface area contributed by atoms with Crippen LogP contribution in [0.2, 0.25) is 0 Å². The van der Waals surface area contributed by atoms with Gasteiger partial charge in [0.25, 0.3) is 11.8 Å². The van der Waals surface area contributed by atoms with Crippen LogP contribution in [0.4, 0.5) is 5.69 Å². The molecule has 46 heavy (non-hydrogen) atoms. The predicted octanol–water partition coefficient (Wildman–Crippen LogP) is 3.25. The highest BCUT2D eigenvalue weighted by Gasteiger charge is 2.45. The number of imide groups is 2. The monoisotopic (exact) mass is 647 g/mol. The van der Waals surface area contributed by atoms with Gasteiger partial charge in [0.15, 0.2) is 0 Å². The molecular formula is C33H49N3O10. The largest absolute Gasteiger partial charge is 0.379 e. The van der Waals surface area contributed by atoms with Crippen molar-refractivity contribution in [2.24, 2.45) is 0 Å². The highest BCUT2D eigenvalue weighted by atomic mass is 16.6. The number of unbranched alkanes of at least 4 members (excludes halogenated alkanes) is 5. The standard InChI is InChI=1S/C33H49N3O10/c1-2-3-4-7-15-42-17-19-44-21-23-46-24-22-45-20-18-43-16-8-5-6-12-28(37)34-26-11-9-10-25-30(26)33(41)36(32(25)40)27-13-14-29(38)35-31(27)39/h9-11,27H,2-8,12-24H2,1H3,(H,34,37)(H,35,38,39). The summed E-state index contributed by atoms with van der Waals surface area (Å²) in [5, 5.41) is 4.91. The molecule has 13 nitrogen and oxygen atoms in total. The van der Waals surface area contributed by atoms with Crippen molar-refractivity contribution >= 4 is 35.2 Å². The number of amides is 5. The predicted molar refractivity (Wildman–Crippen MR) is 168 cm³/mol. The van der Waals surface area contributed by atoms with E-state index in [2.05, 4.69) is 17.6 Å². The number of nitrogens with zero attached hydrogens (tertiary/aromatic N) is 1. The molecule has 1 fully saturated rings. The van der Waals surface area contributed by atoms with E-state index in [1.165, 1.54) is 25.3 Å². The van der Waals surface area contributed by atoms with E-state index in [1.54, 1.807) is 12.1 Å². The van der Waals surface area contributed by atoms with Crippen molar-refractivity contribution in [1.29, 1.82) is 0 Å². The lowest BCUT2D eigenvalue weighted by atomic mass is 10.0. The first kappa shape index (κ1) is 37.2. The highest BCUT2D eigenvalue weighted by molar-refractivity contribution is 6.26. The van der Waals surface area contributed by atoms with Crippen LogP contribution < -0.4 is 10.6 Å². The average Bonchev–Trinajstić information content (AvgIpc) is 3.29. The zero-order valence-electron chi connectivity index (χ0n) is 27.0. The van der Waals surface area contributed by atoms with E-state index in [-0.39, 0.29) is 42.0 Å². The molecular weight excluding hydrogens is 598 g/mol. The molecule has 2 N–H and O–H groups in total. The Labute approximate surface area is 271 Å². The van der Waals surface area contributed by atoms with Gasteiger partial charge in [-0.1, -0.05) is 38.7 Å². The molecule has 1 aromatic rings. The maximum atomic E-state index is 13.1. The van der Waals surface area contributed by atoms with Crippen LogP contribution in [0.5, 0.6) is 0 Å². The lowest BCUT2D eigenvalue weighted by Gasteiger charge is -2.27. The number of carbonyl (C=O) groups excluding carboxylic acids is 5. The molecule has 0 aliphatic carbocycles. The number of hydrogen-bond acceptors (Lipinski definition) is 10. The van der Waals surface area contributed by atoms with Crippen LogP contribution in [0.25, 0.3) is 0 Å². The first-order chi connectivity index (χ1) is 22.4. The number of benzene rings is 1. The summed E-state index contributed by atoms with van der Waals surface area (Å²) in [6.45, 7) is 7.71. The Morgan fingerprint density at radius 2 is 1.33 bits per heavy atom. The van der Waals surface area contributed by atoms with E-state index in [4.69, 9.17) is 23.7 Å². The minimum atomic E-state index is -1.06. The zero-order valence-corrected chi connectivity index (χ0v) is 27.0. The third kappa shape index (κ3) is 12.5. The fourth-order valence-corrected chi connectivity index (χ4v) is 5.11. The molecule has 1 unspecified atom stereocenters. The molecule has 2 aliphatic heterocycles. The van der Waals surface area contributed by atoms with Crippen LogP contribution in [-0.4, -0.2) is 107 Å². The summed E-state index contributed by atoms with van der Waals surface area (Å²) < 4.78 is 27.6. The van der Waals surface area contributed by atoms with Gasteiger partial charge in [-0.3, -0.25) is 34.2 Å². The van der Waals surface area contributed by atoms with Crippen LogP contribution in [0.15, 0.2) is 18.2 Å². The maximum Gasteiger partial charge on any atom is 0.264 e. The van der Waals surface area contributed by atoms with Crippen molar-refractivity contribution in [1.82, 2.24) is 10.2 Å². The van der Waals surface area contributed by atoms with Crippen molar-refractivity contribution < 1.29 is 47.7 Å². The SMILES string of the molecule is CCCCCCOCCOCCOCCOCCOCCCCCC(=O)Nc1cccc2c1C(=O)N(C1CCC(=O)NC1=O)C2=O. The molecule has 1 atom stereocenters. The molecule has 2 heterocycles. The van der Waals surface area contributed by atoms with Crippen LogP contribution in [0, 0.1) is 0 Å². The minimum absolute atomic E-state index is 0.0366. The third-order valence-electron chi connectivity index (χ3n) is 7.56. The van der Waals surface area contributed by atoms with Gasteiger partial charge in [0.05, 0.1) is 69.7 Å². The Morgan fingerprint density at radius 1 is 0.761 bits per heavy atom. The molecule has 3 rings (SSSR count). The van der Waals surface area contributed by atoms with Gasteiger partial charge >= 0.3 is 0 Å². The number of nitrogens with one attached hydrogen (secondary N) is 2. The Morgan fingerprint density at radius 3 is 1.89 bits per heavy atom. The molecule has 0 aromatic heterocycles. The summed E-state index contributed by atoms with van der Waals surface area (Å²) in [5.74, 6) is -2.67. The summed E-state index contributed by atoms with van der Waals surface area (Å²) in [6.07, 6.45) is 7.35. The molecule has 0 bridgehead atoms. The quantitative estimate of drug-likeness (QED) is 0.119. The van der Waals surface area contributed by atoms with Crippen molar-refractivity contribution in [3.8, 4) is 0 Å². The second kappa shape index (κ2) is 21.5. The molecule has 2 aliphatic rings. The van der Waals surface area contributed by atoms with E-state index < -0.39 is 29.7 Å². The molecule has 0 spiro atoms. The second-order valence-electron chi connectivity index (χ2n) is 11.2. The van der Waals surface area contributed by atoms with Crippen LogP contribution >= 0.6 is 0 Å². The first-order valence-corrected chi connectivity index (χ1v) is 16.5. The fraction of sp³-hybridized carbons (Fsp3) is 0.667. The summed E-state index contributed by atoms with van der Waals surface area (Å²) in [6, 6.07) is 3.56. The number of carbonyl (C=O) groups is 5. The zero-order chi connectivity index (χ0) is 33.0. The maximum absolute atomic E-state index is 13.1. The van der Waals surface area contributed by atoms with E-state index >= 15 is 0 Å². The Hall–Kier alpha value is -3.23. The minimum Gasteiger partial charge on any atom is -0.379 e. The van der Waals surface area contributed by atoms with Crippen molar-refractivity contribution in [3.05, 3.63) is 29.3 Å². The van der Waals surface area contributed by atoms with Gasteiger partial charge < -0.3 is 29.0 Å².